The molecule has 0 saturated heterocycles. The van der Waals surface area contributed by atoms with E-state index < -0.39 is 29.2 Å². The molecule has 130 valence electrons. The maximum Gasteiger partial charge on any atom is 0.540 e. The topological polar surface area (TPSA) is 44.8 Å². The molecule has 0 aromatic carbocycles. The molecule has 0 aliphatic rings. The monoisotopic (exact) mass is 354 g/mol. The Morgan fingerprint density at radius 3 is 1.77 bits per heavy atom. The quantitative estimate of drug-likeness (QED) is 0.214. The lowest BCUT2D eigenvalue weighted by atomic mass is 10.2. The summed E-state index contributed by atoms with van der Waals surface area (Å²) in [6.45, 7) is 11.0. The van der Waals surface area contributed by atoms with Gasteiger partial charge in [-0.15, -0.1) is 0 Å². The molecule has 10 heteroatoms. The van der Waals surface area contributed by atoms with Gasteiger partial charge in [0.1, 0.15) is 12.2 Å². The van der Waals surface area contributed by atoms with Crippen molar-refractivity contribution in [1.82, 2.24) is 0 Å². The molecular weight excluding hydrogens is 339 g/mol. The normalized spacial score (nSPS) is 9.14. The molecule has 0 unspecified atom stereocenters. The molecule has 0 N–H and O–H groups in total. The Morgan fingerprint density at radius 2 is 1.55 bits per heavy atom. The zero-order valence-corrected chi connectivity index (χ0v) is 12.9. The van der Waals surface area contributed by atoms with Crippen molar-refractivity contribution in [2.45, 2.75) is 26.4 Å². The molecule has 0 spiro atoms. The Balaban J connectivity index is -0.000000300. The number of rotatable bonds is 3. The highest BCUT2D eigenvalue weighted by Crippen LogP contribution is 2.11. The average Bonchev–Trinajstić information content (AvgIpc) is 2.33. The minimum absolute atomic E-state index is 0.117. The van der Waals surface area contributed by atoms with Crippen molar-refractivity contribution in [3.8, 4) is 0 Å². The van der Waals surface area contributed by atoms with Crippen LogP contribution in [-0.4, -0.2) is 18.4 Å². The first kappa shape index (κ1) is 25.3. The van der Waals surface area contributed by atoms with E-state index in [2.05, 4.69) is 39.3 Å². The molecule has 0 rings (SSSR count). The van der Waals surface area contributed by atoms with Crippen LogP contribution in [0.3, 0.4) is 0 Å². The second kappa shape index (κ2) is 14.3. The van der Waals surface area contributed by atoms with E-state index in [1.54, 1.807) is 20.8 Å². The predicted molar refractivity (Wildman–Crippen MR) is 71.0 cm³/mol. The van der Waals surface area contributed by atoms with Crippen molar-refractivity contribution in [2.24, 2.45) is 0 Å². The van der Waals surface area contributed by atoms with Crippen molar-refractivity contribution >= 4 is 17.8 Å². The highest BCUT2D eigenvalue weighted by molar-refractivity contribution is 6.28. The molecule has 0 aromatic rings. The fourth-order valence-corrected chi connectivity index (χ4v) is 0.310. The van der Waals surface area contributed by atoms with E-state index in [0.29, 0.717) is 0 Å². The van der Waals surface area contributed by atoms with E-state index >= 15 is 0 Å². The third-order valence-electron chi connectivity index (χ3n) is 0.822. The maximum atomic E-state index is 10.7. The Labute approximate surface area is 129 Å². The van der Waals surface area contributed by atoms with Crippen molar-refractivity contribution in [2.75, 3.05) is 6.61 Å². The summed E-state index contributed by atoms with van der Waals surface area (Å²) in [5.74, 6) is 0. The summed E-state index contributed by atoms with van der Waals surface area (Å²) in [5.41, 5.74) is -0.521. The number of hydrogen-bond acceptors (Lipinski definition) is 4. The van der Waals surface area contributed by atoms with Crippen molar-refractivity contribution in [3.05, 3.63) is 36.7 Å². The number of hydrogen-bond donors (Lipinski definition) is 0. The van der Waals surface area contributed by atoms with E-state index in [1.165, 1.54) is 6.08 Å². The van der Waals surface area contributed by atoms with Gasteiger partial charge in [0.15, 0.2) is 0 Å². The third-order valence-corrected chi connectivity index (χ3v) is 0.964. The number of ether oxygens (including phenoxy) is 1. The molecule has 22 heavy (non-hydrogen) atoms. The predicted octanol–water partition coefficient (Wildman–Crippen LogP) is 5.71. The molecule has 0 aliphatic heterocycles. The van der Waals surface area contributed by atoms with E-state index in [0.717, 1.165) is 0 Å². The van der Waals surface area contributed by atoms with Gasteiger partial charge in [0.2, 0.25) is 0 Å². The van der Waals surface area contributed by atoms with Crippen molar-refractivity contribution < 1.29 is 41.3 Å². The van der Waals surface area contributed by atoms with Crippen LogP contribution in [0.5, 0.6) is 0 Å². The first-order chi connectivity index (χ1) is 9.83. The maximum absolute atomic E-state index is 10.7. The van der Waals surface area contributed by atoms with Gasteiger partial charge in [-0.25, -0.2) is 4.79 Å². The molecule has 0 fully saturated rings. The largest absolute Gasteiger partial charge is 0.540 e. The number of carbonyl (C=O) groups is 1. The molecule has 0 aromatic heterocycles. The van der Waals surface area contributed by atoms with Crippen LogP contribution in [0.15, 0.2) is 36.7 Å². The van der Waals surface area contributed by atoms with Crippen LogP contribution in [-0.2, 0) is 14.5 Å². The average molecular weight is 355 g/mol. The van der Waals surface area contributed by atoms with Gasteiger partial charge in [-0.1, -0.05) is 12.7 Å². The molecule has 0 heterocycles. The Kier molecular flexibility index (Phi) is 16.5. The van der Waals surface area contributed by atoms with Gasteiger partial charge < -0.3 is 4.74 Å². The molecular formula is C12H16ClF5O4. The molecule has 0 aliphatic carbocycles. The summed E-state index contributed by atoms with van der Waals surface area (Å²) < 4.78 is 56.5. The second-order valence-corrected chi connectivity index (χ2v) is 4.32. The van der Waals surface area contributed by atoms with Gasteiger partial charge in [-0.05, 0) is 39.0 Å². The Hall–Kier alpha value is -1.61. The Morgan fingerprint density at radius 1 is 1.18 bits per heavy atom. The molecule has 0 saturated carbocycles. The minimum atomic E-state index is -2.48. The van der Waals surface area contributed by atoms with E-state index in [9.17, 15) is 26.7 Å². The fourth-order valence-electron chi connectivity index (χ4n) is 0.310. The van der Waals surface area contributed by atoms with E-state index in [1.807, 2.05) is 0 Å². The lowest BCUT2D eigenvalue weighted by molar-refractivity contribution is -0.311. The minimum Gasteiger partial charge on any atom is -0.428 e. The van der Waals surface area contributed by atoms with Gasteiger partial charge in [-0.3, -0.25) is 4.89 Å². The summed E-state index contributed by atoms with van der Waals surface area (Å²) >= 11 is 4.08. The highest BCUT2D eigenvalue weighted by Gasteiger charge is 2.15. The SMILES string of the molecule is C=C(F)F.C=CCOC(=O)OOC(C)(C)C.FC(F)=C(F)Cl. The van der Waals surface area contributed by atoms with E-state index in [-0.39, 0.29) is 6.61 Å². The molecule has 0 amide bonds. The lowest BCUT2D eigenvalue weighted by Crippen LogP contribution is -2.22. The fraction of sp³-hybridized carbons (Fsp3) is 0.417. The van der Waals surface area contributed by atoms with Gasteiger partial charge in [-0.2, -0.15) is 26.8 Å². The summed E-state index contributed by atoms with van der Waals surface area (Å²) in [4.78, 5) is 19.6. The zero-order chi connectivity index (χ0) is 18.3. The third kappa shape index (κ3) is 36.2. The van der Waals surface area contributed by atoms with Crippen LogP contribution < -0.4 is 0 Å². The number of halogens is 6. The van der Waals surface area contributed by atoms with Gasteiger partial charge in [0.05, 0.1) is 0 Å². The zero-order valence-electron chi connectivity index (χ0n) is 12.1. The summed E-state index contributed by atoms with van der Waals surface area (Å²) in [5, 5.41) is -1.94. The van der Waals surface area contributed by atoms with E-state index in [4.69, 9.17) is 0 Å². The molecule has 0 bridgehead atoms. The van der Waals surface area contributed by atoms with Gasteiger partial charge >= 0.3 is 12.2 Å². The highest BCUT2D eigenvalue weighted by atomic mass is 35.5. The molecule has 4 nitrogen and oxygen atoms in total. The van der Waals surface area contributed by atoms with Gasteiger partial charge in [0.25, 0.3) is 11.4 Å². The smallest absolute Gasteiger partial charge is 0.428 e. The van der Waals surface area contributed by atoms with Crippen LogP contribution in [0.2, 0.25) is 0 Å². The first-order valence-corrected chi connectivity index (χ1v) is 5.70. The van der Waals surface area contributed by atoms with Crippen molar-refractivity contribution in [3.63, 3.8) is 0 Å². The lowest BCUT2D eigenvalue weighted by Gasteiger charge is -2.15. The van der Waals surface area contributed by atoms with Crippen molar-refractivity contribution in [1.29, 1.82) is 0 Å². The van der Waals surface area contributed by atoms with Gasteiger partial charge in [0, 0.05) is 0 Å². The standard InChI is InChI=1S/C8H14O4.C2ClF3.C2H2F2/c1-5-6-10-7(9)11-12-8(2,3)4;3-1(4)2(5)6;1-2(3)4/h5H,1,6H2,2-4H3;;1H2. The Bertz CT molecular complexity index is 358. The number of carbonyl (C=O) groups excluding carboxylic acids is 1. The van der Waals surface area contributed by atoms with Crippen LogP contribution in [0, 0.1) is 0 Å². The van der Waals surface area contributed by atoms with Crippen LogP contribution in [0.25, 0.3) is 0 Å². The summed E-state index contributed by atoms with van der Waals surface area (Å²) in [6, 6.07) is 0. The summed E-state index contributed by atoms with van der Waals surface area (Å²) in [6.07, 6.45) is -3.72. The molecule has 0 radical (unpaired) electrons. The second-order valence-electron chi connectivity index (χ2n) is 3.99. The van der Waals surface area contributed by atoms with Crippen LogP contribution >= 0.6 is 11.6 Å². The summed E-state index contributed by atoms with van der Waals surface area (Å²) in [7, 11) is 0. The van der Waals surface area contributed by atoms with Crippen LogP contribution in [0.4, 0.5) is 26.7 Å². The molecule has 0 atom stereocenters. The first-order valence-electron chi connectivity index (χ1n) is 5.33. The van der Waals surface area contributed by atoms with Crippen LogP contribution in [0.1, 0.15) is 20.8 Å².